The molecule has 118 valence electrons. The van der Waals surface area contributed by atoms with Crippen LogP contribution in [0.3, 0.4) is 0 Å². The number of aryl methyl sites for hydroxylation is 1. The molecule has 3 heteroatoms. The maximum atomic E-state index is 5.75. The standard InChI is InChI=1S/C18H28O2S/c1-7-8-16(19-5)18(3,4)17(20-6)13-21-15-11-9-14(2)10-12-15/h7,9-12,16-17H,1,8,13H2,2-6H3/t16-,17-/m1/s1. The van der Waals surface area contributed by atoms with Crippen molar-refractivity contribution in [1.29, 1.82) is 0 Å². The smallest absolute Gasteiger partial charge is 0.0740 e. The molecule has 0 N–H and O–H groups in total. The lowest BCUT2D eigenvalue weighted by Crippen LogP contribution is -2.43. The normalized spacial score (nSPS) is 14.7. The minimum atomic E-state index is -0.0740. The van der Waals surface area contributed by atoms with Crippen LogP contribution in [0.4, 0.5) is 0 Å². The van der Waals surface area contributed by atoms with E-state index in [2.05, 4.69) is 51.6 Å². The second-order valence-electron chi connectivity index (χ2n) is 5.92. The molecule has 0 spiro atoms. The summed E-state index contributed by atoms with van der Waals surface area (Å²) in [6.07, 6.45) is 2.97. The minimum absolute atomic E-state index is 0.0740. The molecule has 2 atom stereocenters. The zero-order valence-corrected chi connectivity index (χ0v) is 14.7. The van der Waals surface area contributed by atoms with Crippen molar-refractivity contribution in [2.75, 3.05) is 20.0 Å². The Balaban J connectivity index is 2.72. The molecule has 1 rings (SSSR count). The van der Waals surface area contributed by atoms with Gasteiger partial charge in [0.15, 0.2) is 0 Å². The molecule has 0 fully saturated rings. The summed E-state index contributed by atoms with van der Waals surface area (Å²) in [5.41, 5.74) is 1.21. The van der Waals surface area contributed by atoms with Crippen molar-refractivity contribution in [2.24, 2.45) is 5.41 Å². The lowest BCUT2D eigenvalue weighted by atomic mass is 9.79. The lowest BCUT2D eigenvalue weighted by molar-refractivity contribution is -0.0723. The van der Waals surface area contributed by atoms with Crippen LogP contribution < -0.4 is 0 Å². The zero-order chi connectivity index (χ0) is 15.9. The second kappa shape index (κ2) is 8.62. The molecule has 0 unspecified atom stereocenters. The molecule has 0 radical (unpaired) electrons. The molecular formula is C18H28O2S. The number of thioether (sulfide) groups is 1. The summed E-state index contributed by atoms with van der Waals surface area (Å²) in [5.74, 6) is 0.906. The van der Waals surface area contributed by atoms with E-state index in [1.807, 2.05) is 17.8 Å². The molecule has 0 saturated carbocycles. The number of hydrogen-bond acceptors (Lipinski definition) is 3. The second-order valence-corrected chi connectivity index (χ2v) is 7.01. The van der Waals surface area contributed by atoms with Crippen molar-refractivity contribution < 1.29 is 9.47 Å². The van der Waals surface area contributed by atoms with Crippen molar-refractivity contribution in [3.05, 3.63) is 42.5 Å². The summed E-state index contributed by atoms with van der Waals surface area (Å²) in [6.45, 7) is 10.3. The highest BCUT2D eigenvalue weighted by atomic mass is 32.2. The van der Waals surface area contributed by atoms with Gasteiger partial charge >= 0.3 is 0 Å². The van der Waals surface area contributed by atoms with Crippen LogP contribution in [0.5, 0.6) is 0 Å². The van der Waals surface area contributed by atoms with Crippen LogP contribution in [0.25, 0.3) is 0 Å². The van der Waals surface area contributed by atoms with E-state index in [0.717, 1.165) is 12.2 Å². The molecule has 0 bridgehead atoms. The zero-order valence-electron chi connectivity index (χ0n) is 13.9. The molecule has 21 heavy (non-hydrogen) atoms. The van der Waals surface area contributed by atoms with Gasteiger partial charge in [-0.3, -0.25) is 0 Å². The summed E-state index contributed by atoms with van der Waals surface area (Å²) in [6, 6.07) is 8.62. The summed E-state index contributed by atoms with van der Waals surface area (Å²) in [4.78, 5) is 1.27. The average molecular weight is 308 g/mol. The number of rotatable bonds is 9. The molecule has 1 aromatic carbocycles. The van der Waals surface area contributed by atoms with Crippen LogP contribution in [0.1, 0.15) is 25.8 Å². The third-order valence-corrected chi connectivity index (χ3v) is 5.11. The van der Waals surface area contributed by atoms with Gasteiger partial charge in [0, 0.05) is 30.3 Å². The van der Waals surface area contributed by atoms with Gasteiger partial charge in [-0.05, 0) is 25.5 Å². The van der Waals surface area contributed by atoms with Gasteiger partial charge in [-0.2, -0.15) is 0 Å². The molecule has 0 aliphatic heterocycles. The average Bonchev–Trinajstić information content (AvgIpc) is 2.46. The van der Waals surface area contributed by atoms with E-state index in [1.54, 1.807) is 14.2 Å². The SMILES string of the molecule is C=CC[C@@H](OC)C(C)(C)[C@@H](CSc1ccc(C)cc1)OC. The maximum Gasteiger partial charge on any atom is 0.0740 e. The van der Waals surface area contributed by atoms with Crippen molar-refractivity contribution >= 4 is 11.8 Å². The quantitative estimate of drug-likeness (QED) is 0.486. The minimum Gasteiger partial charge on any atom is -0.380 e. The first-order valence-corrected chi connectivity index (χ1v) is 8.30. The fourth-order valence-electron chi connectivity index (χ4n) is 2.46. The Kier molecular flexibility index (Phi) is 7.50. The molecule has 0 aliphatic carbocycles. The third kappa shape index (κ3) is 5.17. The van der Waals surface area contributed by atoms with E-state index < -0.39 is 0 Å². The largest absolute Gasteiger partial charge is 0.380 e. The van der Waals surface area contributed by atoms with Crippen LogP contribution in [0.15, 0.2) is 41.8 Å². The van der Waals surface area contributed by atoms with E-state index in [-0.39, 0.29) is 17.6 Å². The van der Waals surface area contributed by atoms with Crippen LogP contribution in [-0.4, -0.2) is 32.2 Å². The number of ether oxygens (including phenoxy) is 2. The summed E-state index contributed by atoms with van der Waals surface area (Å²) >= 11 is 1.83. The maximum absolute atomic E-state index is 5.75. The van der Waals surface area contributed by atoms with Crippen LogP contribution in [0.2, 0.25) is 0 Å². The van der Waals surface area contributed by atoms with E-state index in [1.165, 1.54) is 10.5 Å². The van der Waals surface area contributed by atoms with E-state index in [4.69, 9.17) is 9.47 Å². The molecular weight excluding hydrogens is 280 g/mol. The first kappa shape index (κ1) is 18.3. The fraction of sp³-hybridized carbons (Fsp3) is 0.556. The Morgan fingerprint density at radius 3 is 2.19 bits per heavy atom. The molecule has 0 aromatic heterocycles. The van der Waals surface area contributed by atoms with Crippen molar-refractivity contribution in [3.8, 4) is 0 Å². The predicted molar refractivity (Wildman–Crippen MR) is 92.1 cm³/mol. The Morgan fingerprint density at radius 2 is 1.71 bits per heavy atom. The van der Waals surface area contributed by atoms with Gasteiger partial charge in [0.05, 0.1) is 12.2 Å². The monoisotopic (exact) mass is 308 g/mol. The molecule has 0 amide bonds. The first-order valence-electron chi connectivity index (χ1n) is 7.31. The lowest BCUT2D eigenvalue weighted by Gasteiger charge is -2.39. The highest BCUT2D eigenvalue weighted by Gasteiger charge is 2.37. The van der Waals surface area contributed by atoms with Gasteiger partial charge < -0.3 is 9.47 Å². The van der Waals surface area contributed by atoms with Crippen molar-refractivity contribution in [1.82, 2.24) is 0 Å². The van der Waals surface area contributed by atoms with Crippen LogP contribution >= 0.6 is 11.8 Å². The summed E-state index contributed by atoms with van der Waals surface area (Å²) in [7, 11) is 3.54. The summed E-state index contributed by atoms with van der Waals surface area (Å²) < 4.78 is 11.4. The van der Waals surface area contributed by atoms with Gasteiger partial charge in [-0.25, -0.2) is 0 Å². The molecule has 0 aliphatic rings. The summed E-state index contributed by atoms with van der Waals surface area (Å²) in [5, 5.41) is 0. The molecule has 0 saturated heterocycles. The Labute approximate surface area is 133 Å². The van der Waals surface area contributed by atoms with Crippen LogP contribution in [0, 0.1) is 12.3 Å². The van der Waals surface area contributed by atoms with Crippen LogP contribution in [-0.2, 0) is 9.47 Å². The van der Waals surface area contributed by atoms with Crippen molar-refractivity contribution in [3.63, 3.8) is 0 Å². The van der Waals surface area contributed by atoms with E-state index >= 15 is 0 Å². The van der Waals surface area contributed by atoms with Gasteiger partial charge in [0.1, 0.15) is 0 Å². The highest BCUT2D eigenvalue weighted by Crippen LogP contribution is 2.35. The predicted octanol–water partition coefficient (Wildman–Crippen LogP) is 4.72. The first-order chi connectivity index (χ1) is 9.95. The number of hydrogen-bond donors (Lipinski definition) is 0. The fourth-order valence-corrected chi connectivity index (χ4v) is 3.69. The highest BCUT2D eigenvalue weighted by molar-refractivity contribution is 7.99. The topological polar surface area (TPSA) is 18.5 Å². The van der Waals surface area contributed by atoms with Gasteiger partial charge in [-0.1, -0.05) is 37.6 Å². The molecule has 2 nitrogen and oxygen atoms in total. The Morgan fingerprint density at radius 1 is 1.14 bits per heavy atom. The number of methoxy groups -OCH3 is 2. The van der Waals surface area contributed by atoms with Gasteiger partial charge in [-0.15, -0.1) is 18.3 Å². The molecule has 1 aromatic rings. The van der Waals surface area contributed by atoms with Gasteiger partial charge in [0.25, 0.3) is 0 Å². The Hall–Kier alpha value is -0.770. The number of benzene rings is 1. The Bertz CT molecular complexity index is 425. The van der Waals surface area contributed by atoms with E-state index in [0.29, 0.717) is 0 Å². The third-order valence-electron chi connectivity index (χ3n) is 4.03. The van der Waals surface area contributed by atoms with Crippen molar-refractivity contribution in [2.45, 2.75) is 44.3 Å². The van der Waals surface area contributed by atoms with Gasteiger partial charge in [0.2, 0.25) is 0 Å². The van der Waals surface area contributed by atoms with E-state index in [9.17, 15) is 0 Å². The molecule has 0 heterocycles.